The first-order chi connectivity index (χ1) is 5.46. The van der Waals surface area contributed by atoms with Gasteiger partial charge in [0, 0.05) is 12.8 Å². The molecule has 0 amide bonds. The Morgan fingerprint density at radius 2 is 1.67 bits per heavy atom. The van der Waals surface area contributed by atoms with Crippen molar-refractivity contribution in [3.63, 3.8) is 0 Å². The van der Waals surface area contributed by atoms with Crippen LogP contribution in [-0.2, 0) is 9.59 Å². The van der Waals surface area contributed by atoms with Crippen LogP contribution in [0.5, 0.6) is 0 Å². The molecular formula is C10H15O2. The summed E-state index contributed by atoms with van der Waals surface area (Å²) in [4.78, 5) is 22.8. The Morgan fingerprint density at radius 3 is 2.00 bits per heavy atom. The van der Waals surface area contributed by atoms with E-state index in [1.807, 2.05) is 13.8 Å². The van der Waals surface area contributed by atoms with Crippen molar-refractivity contribution in [3.05, 3.63) is 6.42 Å². The van der Waals surface area contributed by atoms with E-state index in [9.17, 15) is 9.59 Å². The van der Waals surface area contributed by atoms with Crippen molar-refractivity contribution in [3.8, 4) is 0 Å². The molecule has 1 saturated carbocycles. The zero-order valence-corrected chi connectivity index (χ0v) is 7.89. The van der Waals surface area contributed by atoms with Gasteiger partial charge in [0.2, 0.25) is 0 Å². The standard InChI is InChI=1S/C10H15O2/c1-4-7-8(11)5-10(2,3)6-9(7)12/h4,7H,5-6H2,1-3H3. The second kappa shape index (κ2) is 3.00. The smallest absolute Gasteiger partial charge is 0.144 e. The average Bonchev–Trinajstić information content (AvgIpc) is 1.82. The summed E-state index contributed by atoms with van der Waals surface area (Å²) in [7, 11) is 0. The first-order valence-corrected chi connectivity index (χ1v) is 4.31. The highest BCUT2D eigenvalue weighted by molar-refractivity contribution is 6.06. The number of hydrogen-bond donors (Lipinski definition) is 0. The van der Waals surface area contributed by atoms with E-state index in [1.54, 1.807) is 13.3 Å². The number of ketones is 2. The summed E-state index contributed by atoms with van der Waals surface area (Å²) in [5.74, 6) is -0.254. The molecular weight excluding hydrogens is 152 g/mol. The van der Waals surface area contributed by atoms with E-state index in [0.717, 1.165) is 0 Å². The molecule has 2 nitrogen and oxygen atoms in total. The van der Waals surface area contributed by atoms with Crippen molar-refractivity contribution < 1.29 is 9.59 Å². The maximum atomic E-state index is 11.4. The molecule has 67 valence electrons. The fourth-order valence-corrected chi connectivity index (χ4v) is 1.78. The van der Waals surface area contributed by atoms with E-state index in [4.69, 9.17) is 0 Å². The SMILES string of the molecule is C[CH]C1C(=O)CC(C)(C)CC1=O. The summed E-state index contributed by atoms with van der Waals surface area (Å²) >= 11 is 0. The minimum Gasteiger partial charge on any atom is -0.299 e. The summed E-state index contributed by atoms with van der Waals surface area (Å²) in [6, 6.07) is 0. The largest absolute Gasteiger partial charge is 0.299 e. The summed E-state index contributed by atoms with van der Waals surface area (Å²) in [6.45, 7) is 5.71. The Kier molecular flexibility index (Phi) is 2.36. The van der Waals surface area contributed by atoms with Crippen LogP contribution in [0.4, 0.5) is 0 Å². The molecule has 0 aromatic heterocycles. The molecule has 0 saturated heterocycles. The van der Waals surface area contributed by atoms with E-state index < -0.39 is 5.92 Å². The summed E-state index contributed by atoms with van der Waals surface area (Å²) < 4.78 is 0. The molecule has 0 aromatic rings. The van der Waals surface area contributed by atoms with E-state index in [1.165, 1.54) is 0 Å². The van der Waals surface area contributed by atoms with E-state index >= 15 is 0 Å². The molecule has 0 heterocycles. The van der Waals surface area contributed by atoms with Crippen LogP contribution in [-0.4, -0.2) is 11.6 Å². The van der Waals surface area contributed by atoms with Crippen LogP contribution in [0, 0.1) is 17.8 Å². The predicted octanol–water partition coefficient (Wildman–Crippen LogP) is 1.78. The monoisotopic (exact) mass is 167 g/mol. The van der Waals surface area contributed by atoms with Gasteiger partial charge in [0.25, 0.3) is 0 Å². The molecule has 0 aromatic carbocycles. The quantitative estimate of drug-likeness (QED) is 0.558. The third-order valence-corrected chi connectivity index (χ3v) is 2.33. The second-order valence-corrected chi connectivity index (χ2v) is 4.26. The average molecular weight is 167 g/mol. The van der Waals surface area contributed by atoms with Crippen LogP contribution >= 0.6 is 0 Å². The number of rotatable bonds is 1. The lowest BCUT2D eigenvalue weighted by molar-refractivity contribution is -0.137. The lowest BCUT2D eigenvalue weighted by atomic mass is 9.71. The Labute approximate surface area is 73.3 Å². The Hall–Kier alpha value is -0.660. The highest BCUT2D eigenvalue weighted by Crippen LogP contribution is 2.34. The fourth-order valence-electron chi connectivity index (χ4n) is 1.78. The lowest BCUT2D eigenvalue weighted by Crippen LogP contribution is -2.37. The van der Waals surface area contributed by atoms with Crippen LogP contribution in [0.25, 0.3) is 0 Å². The summed E-state index contributed by atoms with van der Waals surface area (Å²) in [5, 5.41) is 0. The first-order valence-electron chi connectivity index (χ1n) is 4.31. The predicted molar refractivity (Wildman–Crippen MR) is 46.5 cm³/mol. The van der Waals surface area contributed by atoms with Crippen LogP contribution < -0.4 is 0 Å². The fraction of sp³-hybridized carbons (Fsp3) is 0.700. The van der Waals surface area contributed by atoms with Crippen molar-refractivity contribution in [2.24, 2.45) is 11.3 Å². The Bertz CT molecular complexity index is 196. The molecule has 0 aliphatic heterocycles. The highest BCUT2D eigenvalue weighted by atomic mass is 16.2. The molecule has 0 N–H and O–H groups in total. The maximum Gasteiger partial charge on any atom is 0.144 e. The van der Waals surface area contributed by atoms with Gasteiger partial charge in [-0.05, 0) is 11.8 Å². The molecule has 1 aliphatic rings. The molecule has 0 bridgehead atoms. The molecule has 0 unspecified atom stereocenters. The maximum absolute atomic E-state index is 11.4. The van der Waals surface area contributed by atoms with Crippen molar-refractivity contribution in [2.45, 2.75) is 33.6 Å². The normalized spacial score (nSPS) is 24.6. The Balaban J connectivity index is 2.77. The van der Waals surface area contributed by atoms with Crippen molar-refractivity contribution in [1.29, 1.82) is 0 Å². The van der Waals surface area contributed by atoms with Crippen LogP contribution in [0.3, 0.4) is 0 Å². The first kappa shape index (κ1) is 9.43. The van der Waals surface area contributed by atoms with Crippen LogP contribution in [0.2, 0.25) is 0 Å². The summed E-state index contributed by atoms with van der Waals surface area (Å²) in [6.07, 6.45) is 2.78. The zero-order chi connectivity index (χ0) is 9.35. The lowest BCUT2D eigenvalue weighted by Gasteiger charge is -2.31. The summed E-state index contributed by atoms with van der Waals surface area (Å²) in [5.41, 5.74) is -0.117. The van der Waals surface area contributed by atoms with E-state index in [-0.39, 0.29) is 17.0 Å². The topological polar surface area (TPSA) is 34.1 Å². The molecule has 0 atom stereocenters. The number of carbonyl (C=O) groups is 2. The molecule has 0 spiro atoms. The van der Waals surface area contributed by atoms with Gasteiger partial charge in [0.15, 0.2) is 0 Å². The minimum atomic E-state index is -0.418. The molecule has 2 heteroatoms. The second-order valence-electron chi connectivity index (χ2n) is 4.26. The van der Waals surface area contributed by atoms with Crippen molar-refractivity contribution in [2.75, 3.05) is 0 Å². The van der Waals surface area contributed by atoms with Gasteiger partial charge in [-0.1, -0.05) is 20.8 Å². The molecule has 1 aliphatic carbocycles. The van der Waals surface area contributed by atoms with Gasteiger partial charge in [-0.25, -0.2) is 0 Å². The minimum absolute atomic E-state index is 0.0822. The van der Waals surface area contributed by atoms with Crippen molar-refractivity contribution >= 4 is 11.6 Å². The number of Topliss-reactive ketones (excluding diaryl/α,β-unsaturated/α-hetero) is 2. The van der Waals surface area contributed by atoms with Gasteiger partial charge < -0.3 is 0 Å². The van der Waals surface area contributed by atoms with Gasteiger partial charge in [0.05, 0.1) is 5.92 Å². The molecule has 1 rings (SSSR count). The van der Waals surface area contributed by atoms with Crippen LogP contribution in [0.15, 0.2) is 0 Å². The van der Waals surface area contributed by atoms with Gasteiger partial charge in [-0.3, -0.25) is 9.59 Å². The zero-order valence-electron chi connectivity index (χ0n) is 7.89. The van der Waals surface area contributed by atoms with Gasteiger partial charge in [-0.15, -0.1) is 0 Å². The third kappa shape index (κ3) is 1.74. The third-order valence-electron chi connectivity index (χ3n) is 2.33. The van der Waals surface area contributed by atoms with E-state index in [0.29, 0.717) is 12.8 Å². The number of hydrogen-bond acceptors (Lipinski definition) is 2. The van der Waals surface area contributed by atoms with Gasteiger partial charge in [-0.2, -0.15) is 0 Å². The van der Waals surface area contributed by atoms with Crippen molar-refractivity contribution in [1.82, 2.24) is 0 Å². The molecule has 1 fully saturated rings. The molecule has 1 radical (unpaired) electrons. The van der Waals surface area contributed by atoms with E-state index in [2.05, 4.69) is 0 Å². The van der Waals surface area contributed by atoms with Gasteiger partial charge >= 0.3 is 0 Å². The highest BCUT2D eigenvalue weighted by Gasteiger charge is 2.38. The Morgan fingerprint density at radius 1 is 1.25 bits per heavy atom. The van der Waals surface area contributed by atoms with Gasteiger partial charge in [0.1, 0.15) is 11.6 Å². The van der Waals surface area contributed by atoms with Crippen LogP contribution in [0.1, 0.15) is 33.6 Å². The molecule has 12 heavy (non-hydrogen) atoms. The number of carbonyl (C=O) groups excluding carboxylic acids is 2.